The summed E-state index contributed by atoms with van der Waals surface area (Å²) < 4.78 is 12.3. The molecular formula is C14H13N3O3. The Hall–Kier alpha value is -2.63. The average Bonchev–Trinajstić information content (AvgIpc) is 3.03. The second-order valence-corrected chi connectivity index (χ2v) is 4.62. The van der Waals surface area contributed by atoms with Crippen LogP contribution in [0, 0.1) is 0 Å². The maximum Gasteiger partial charge on any atom is 0.231 e. The van der Waals surface area contributed by atoms with Gasteiger partial charge in [0.25, 0.3) is 0 Å². The average molecular weight is 271 g/mol. The third-order valence-electron chi connectivity index (χ3n) is 2.94. The molecule has 6 nitrogen and oxygen atoms in total. The Labute approximate surface area is 115 Å². The number of nitrogens with zero attached hydrogens (tertiary/aromatic N) is 3. The van der Waals surface area contributed by atoms with Gasteiger partial charge in [0, 0.05) is 5.56 Å². The monoisotopic (exact) mass is 271 g/mol. The number of carbonyl (C=O) groups is 1. The summed E-state index contributed by atoms with van der Waals surface area (Å²) in [4.78, 5) is 11.1. The van der Waals surface area contributed by atoms with Crippen LogP contribution in [0.2, 0.25) is 0 Å². The molecule has 0 bridgehead atoms. The second kappa shape index (κ2) is 4.80. The molecule has 0 aliphatic carbocycles. The molecule has 2 aromatic rings. The molecule has 3 rings (SSSR count). The van der Waals surface area contributed by atoms with Crippen molar-refractivity contribution in [1.29, 1.82) is 0 Å². The van der Waals surface area contributed by atoms with Crippen LogP contribution in [0.3, 0.4) is 0 Å². The summed E-state index contributed by atoms with van der Waals surface area (Å²) in [5.41, 5.74) is 2.68. The van der Waals surface area contributed by atoms with Crippen molar-refractivity contribution in [2.24, 2.45) is 0 Å². The topological polar surface area (TPSA) is 66.2 Å². The lowest BCUT2D eigenvalue weighted by atomic mass is 10.1. The molecule has 0 atom stereocenters. The van der Waals surface area contributed by atoms with Gasteiger partial charge in [-0.1, -0.05) is 17.4 Å². The molecule has 0 fully saturated rings. The van der Waals surface area contributed by atoms with Gasteiger partial charge in [0.05, 0.1) is 12.2 Å². The standard InChI is InChI=1S/C14H13N3O3/c1-9(2)6-17-14(11(7-18)15-16-17)10-3-4-12-13(5-10)20-8-19-12/h3-5,7H,1,6,8H2,2H3. The fourth-order valence-corrected chi connectivity index (χ4v) is 2.11. The van der Waals surface area contributed by atoms with E-state index in [-0.39, 0.29) is 6.79 Å². The van der Waals surface area contributed by atoms with Crippen LogP contribution in [0.1, 0.15) is 17.4 Å². The van der Waals surface area contributed by atoms with Gasteiger partial charge in [0.15, 0.2) is 23.5 Å². The molecule has 2 heterocycles. The first kappa shape index (κ1) is 12.4. The third-order valence-corrected chi connectivity index (χ3v) is 2.94. The molecule has 102 valence electrons. The number of carbonyl (C=O) groups excluding carboxylic acids is 1. The molecule has 0 saturated heterocycles. The van der Waals surface area contributed by atoms with Gasteiger partial charge in [0.2, 0.25) is 6.79 Å². The van der Waals surface area contributed by atoms with E-state index in [1.165, 1.54) is 0 Å². The highest BCUT2D eigenvalue weighted by Gasteiger charge is 2.19. The summed E-state index contributed by atoms with van der Waals surface area (Å²) in [5.74, 6) is 1.35. The van der Waals surface area contributed by atoms with E-state index in [9.17, 15) is 4.79 Å². The van der Waals surface area contributed by atoms with E-state index >= 15 is 0 Å². The zero-order valence-electron chi connectivity index (χ0n) is 11.0. The molecule has 0 unspecified atom stereocenters. The van der Waals surface area contributed by atoms with Crippen LogP contribution in [0.15, 0.2) is 30.4 Å². The molecular weight excluding hydrogens is 258 g/mol. The van der Waals surface area contributed by atoms with Crippen molar-refractivity contribution in [3.8, 4) is 22.8 Å². The fourth-order valence-electron chi connectivity index (χ4n) is 2.11. The Morgan fingerprint density at radius 1 is 1.45 bits per heavy atom. The maximum absolute atomic E-state index is 11.1. The van der Waals surface area contributed by atoms with Crippen molar-refractivity contribution in [1.82, 2.24) is 15.0 Å². The van der Waals surface area contributed by atoms with Crippen LogP contribution in [0.25, 0.3) is 11.3 Å². The number of fused-ring (bicyclic) bond motifs is 1. The molecule has 6 heteroatoms. The van der Waals surface area contributed by atoms with Gasteiger partial charge in [-0.15, -0.1) is 5.10 Å². The van der Waals surface area contributed by atoms with Crippen molar-refractivity contribution in [3.63, 3.8) is 0 Å². The Balaban J connectivity index is 2.10. The smallest absolute Gasteiger partial charge is 0.231 e. The summed E-state index contributed by atoms with van der Waals surface area (Å²) in [6.07, 6.45) is 0.696. The summed E-state index contributed by atoms with van der Waals surface area (Å²) in [6.45, 7) is 6.47. The van der Waals surface area contributed by atoms with Crippen molar-refractivity contribution >= 4 is 6.29 Å². The highest BCUT2D eigenvalue weighted by atomic mass is 16.7. The van der Waals surface area contributed by atoms with Gasteiger partial charge in [-0.05, 0) is 25.1 Å². The lowest BCUT2D eigenvalue weighted by Gasteiger charge is -2.07. The Morgan fingerprint density at radius 2 is 2.25 bits per heavy atom. The van der Waals surface area contributed by atoms with E-state index in [4.69, 9.17) is 9.47 Å². The zero-order valence-corrected chi connectivity index (χ0v) is 11.0. The lowest BCUT2D eigenvalue weighted by Crippen LogP contribution is -2.03. The van der Waals surface area contributed by atoms with E-state index in [1.807, 2.05) is 25.1 Å². The Morgan fingerprint density at radius 3 is 3.00 bits per heavy atom. The van der Waals surface area contributed by atoms with Gasteiger partial charge in [-0.2, -0.15) is 0 Å². The SMILES string of the molecule is C=C(C)Cn1nnc(C=O)c1-c1ccc2c(c1)OCO2. The number of rotatable bonds is 4. The highest BCUT2D eigenvalue weighted by Crippen LogP contribution is 2.36. The molecule has 1 aromatic carbocycles. The predicted octanol–water partition coefficient (Wildman–Crippen LogP) is 2.06. The van der Waals surface area contributed by atoms with E-state index < -0.39 is 0 Å². The van der Waals surface area contributed by atoms with Crippen molar-refractivity contribution in [2.75, 3.05) is 6.79 Å². The predicted molar refractivity (Wildman–Crippen MR) is 71.8 cm³/mol. The van der Waals surface area contributed by atoms with Crippen LogP contribution in [-0.4, -0.2) is 28.1 Å². The molecule has 0 N–H and O–H groups in total. The number of ether oxygens (including phenoxy) is 2. The Kier molecular flexibility index (Phi) is 2.98. The maximum atomic E-state index is 11.1. The normalized spacial score (nSPS) is 12.4. The largest absolute Gasteiger partial charge is 0.454 e. The van der Waals surface area contributed by atoms with Gasteiger partial charge in [0.1, 0.15) is 0 Å². The molecule has 20 heavy (non-hydrogen) atoms. The number of hydrogen-bond donors (Lipinski definition) is 0. The first-order valence-electron chi connectivity index (χ1n) is 6.12. The Bertz CT molecular complexity index is 691. The van der Waals surface area contributed by atoms with E-state index in [2.05, 4.69) is 16.9 Å². The number of allylic oxidation sites excluding steroid dienone is 1. The van der Waals surface area contributed by atoms with Crippen molar-refractivity contribution in [2.45, 2.75) is 13.5 Å². The molecule has 0 spiro atoms. The zero-order chi connectivity index (χ0) is 14.1. The summed E-state index contributed by atoms with van der Waals surface area (Å²) in [5, 5.41) is 7.89. The minimum Gasteiger partial charge on any atom is -0.454 e. The van der Waals surface area contributed by atoms with Gasteiger partial charge in [-0.3, -0.25) is 4.79 Å². The molecule has 1 aliphatic rings. The van der Waals surface area contributed by atoms with Gasteiger partial charge >= 0.3 is 0 Å². The fraction of sp³-hybridized carbons (Fsp3) is 0.214. The highest BCUT2D eigenvalue weighted by molar-refractivity contribution is 5.83. The summed E-state index contributed by atoms with van der Waals surface area (Å²) in [6, 6.07) is 5.49. The quantitative estimate of drug-likeness (QED) is 0.629. The van der Waals surface area contributed by atoms with Crippen LogP contribution >= 0.6 is 0 Å². The molecule has 1 aliphatic heterocycles. The van der Waals surface area contributed by atoms with Crippen LogP contribution in [0.5, 0.6) is 11.5 Å². The summed E-state index contributed by atoms with van der Waals surface area (Å²) in [7, 11) is 0. The van der Waals surface area contributed by atoms with Crippen molar-refractivity contribution in [3.05, 3.63) is 36.0 Å². The van der Waals surface area contributed by atoms with Crippen LogP contribution in [0.4, 0.5) is 0 Å². The first-order chi connectivity index (χ1) is 9.69. The van der Waals surface area contributed by atoms with Crippen LogP contribution < -0.4 is 9.47 Å². The number of hydrogen-bond acceptors (Lipinski definition) is 5. The molecule has 0 saturated carbocycles. The number of aldehydes is 1. The summed E-state index contributed by atoms with van der Waals surface area (Å²) >= 11 is 0. The van der Waals surface area contributed by atoms with Gasteiger partial charge in [-0.25, -0.2) is 4.68 Å². The van der Waals surface area contributed by atoms with Gasteiger partial charge < -0.3 is 9.47 Å². The van der Waals surface area contributed by atoms with E-state index in [1.54, 1.807) is 4.68 Å². The number of benzene rings is 1. The second-order valence-electron chi connectivity index (χ2n) is 4.62. The minimum atomic E-state index is 0.211. The lowest BCUT2D eigenvalue weighted by molar-refractivity contribution is 0.111. The third kappa shape index (κ3) is 2.05. The van der Waals surface area contributed by atoms with E-state index in [0.717, 1.165) is 11.1 Å². The molecule has 0 radical (unpaired) electrons. The first-order valence-corrected chi connectivity index (χ1v) is 6.12. The number of aromatic nitrogens is 3. The minimum absolute atomic E-state index is 0.211. The van der Waals surface area contributed by atoms with Crippen LogP contribution in [-0.2, 0) is 6.54 Å². The van der Waals surface area contributed by atoms with Crippen molar-refractivity contribution < 1.29 is 14.3 Å². The van der Waals surface area contributed by atoms with E-state index in [0.29, 0.717) is 35.7 Å². The molecule has 0 amide bonds. The molecule has 1 aromatic heterocycles.